The van der Waals surface area contributed by atoms with E-state index in [4.69, 9.17) is 9.47 Å². The molecule has 0 aliphatic carbocycles. The summed E-state index contributed by atoms with van der Waals surface area (Å²) >= 11 is 0. The second-order valence-electron chi connectivity index (χ2n) is 7.49. The van der Waals surface area contributed by atoms with Gasteiger partial charge < -0.3 is 20.1 Å². The van der Waals surface area contributed by atoms with Gasteiger partial charge in [-0.2, -0.15) is 0 Å². The minimum absolute atomic E-state index is 0.112. The largest absolute Gasteiger partial charge is 0.490 e. The molecule has 2 amide bonds. The summed E-state index contributed by atoms with van der Waals surface area (Å²) < 4.78 is 11.2. The van der Waals surface area contributed by atoms with Crippen molar-refractivity contribution in [1.29, 1.82) is 0 Å². The zero-order valence-electron chi connectivity index (χ0n) is 19.3. The fraction of sp³-hybridized carbons (Fsp3) is 0.259. The number of amides is 2. The summed E-state index contributed by atoms with van der Waals surface area (Å²) in [5.74, 6) is 0.748. The van der Waals surface area contributed by atoms with Gasteiger partial charge in [0.25, 0.3) is 5.91 Å². The standard InChI is InChI=1S/C27H30N2O4/c1-4-32-24-16-15-23(17-25(24)33-5-2)19(3)29-26(30)18-28-27(31)22-13-11-21(12-14-22)20-9-7-6-8-10-20/h6-17,19H,4-5,18H2,1-3H3,(H,28,31)(H,29,30). The predicted octanol–water partition coefficient (Wildman–Crippen LogP) is 4.76. The lowest BCUT2D eigenvalue weighted by molar-refractivity contribution is -0.120. The van der Waals surface area contributed by atoms with E-state index in [0.717, 1.165) is 16.7 Å². The highest BCUT2D eigenvalue weighted by atomic mass is 16.5. The number of hydrogen-bond acceptors (Lipinski definition) is 4. The number of carbonyl (C=O) groups excluding carboxylic acids is 2. The number of nitrogens with one attached hydrogen (secondary N) is 2. The monoisotopic (exact) mass is 446 g/mol. The lowest BCUT2D eigenvalue weighted by Gasteiger charge is -2.17. The van der Waals surface area contributed by atoms with Crippen molar-refractivity contribution in [2.75, 3.05) is 19.8 Å². The molecule has 6 heteroatoms. The van der Waals surface area contributed by atoms with Gasteiger partial charge in [-0.25, -0.2) is 0 Å². The van der Waals surface area contributed by atoms with E-state index in [1.54, 1.807) is 12.1 Å². The quantitative estimate of drug-likeness (QED) is 0.471. The van der Waals surface area contributed by atoms with Crippen molar-refractivity contribution in [2.24, 2.45) is 0 Å². The molecule has 3 aromatic carbocycles. The molecule has 0 bridgehead atoms. The van der Waals surface area contributed by atoms with Crippen LogP contribution < -0.4 is 20.1 Å². The highest BCUT2D eigenvalue weighted by Gasteiger charge is 2.14. The summed E-state index contributed by atoms with van der Waals surface area (Å²) in [6.45, 7) is 6.65. The van der Waals surface area contributed by atoms with Crippen LogP contribution >= 0.6 is 0 Å². The summed E-state index contributed by atoms with van der Waals surface area (Å²) in [4.78, 5) is 24.8. The van der Waals surface area contributed by atoms with Gasteiger partial charge in [0.05, 0.1) is 25.8 Å². The van der Waals surface area contributed by atoms with E-state index in [1.807, 2.05) is 81.4 Å². The van der Waals surface area contributed by atoms with Crippen LogP contribution in [-0.2, 0) is 4.79 Å². The number of benzene rings is 3. The van der Waals surface area contributed by atoms with Crippen LogP contribution in [0.15, 0.2) is 72.8 Å². The molecule has 2 N–H and O–H groups in total. The number of carbonyl (C=O) groups is 2. The zero-order chi connectivity index (χ0) is 23.6. The molecule has 0 aliphatic rings. The number of ether oxygens (including phenoxy) is 2. The van der Waals surface area contributed by atoms with Crippen LogP contribution in [0.25, 0.3) is 11.1 Å². The minimum atomic E-state index is -0.294. The third-order valence-corrected chi connectivity index (χ3v) is 5.11. The third-order valence-electron chi connectivity index (χ3n) is 5.11. The summed E-state index contributed by atoms with van der Waals surface area (Å²) in [7, 11) is 0. The molecule has 0 heterocycles. The summed E-state index contributed by atoms with van der Waals surface area (Å²) in [6, 6.07) is 22.6. The smallest absolute Gasteiger partial charge is 0.251 e. The SMILES string of the molecule is CCOc1ccc(C(C)NC(=O)CNC(=O)c2ccc(-c3ccccc3)cc2)cc1OCC. The third kappa shape index (κ3) is 6.59. The first-order valence-electron chi connectivity index (χ1n) is 11.1. The molecular formula is C27H30N2O4. The lowest BCUT2D eigenvalue weighted by atomic mass is 10.0. The number of rotatable bonds is 10. The highest BCUT2D eigenvalue weighted by molar-refractivity contribution is 5.96. The maximum Gasteiger partial charge on any atom is 0.251 e. The van der Waals surface area contributed by atoms with Crippen LogP contribution in [0.2, 0.25) is 0 Å². The molecule has 0 radical (unpaired) electrons. The van der Waals surface area contributed by atoms with Gasteiger partial charge in [-0.1, -0.05) is 48.5 Å². The van der Waals surface area contributed by atoms with Crippen molar-refractivity contribution in [2.45, 2.75) is 26.8 Å². The molecule has 0 aliphatic heterocycles. The molecule has 0 fully saturated rings. The summed E-state index contributed by atoms with van der Waals surface area (Å²) in [6.07, 6.45) is 0. The topological polar surface area (TPSA) is 76.7 Å². The second kappa shape index (κ2) is 11.7. The average molecular weight is 447 g/mol. The number of hydrogen-bond donors (Lipinski definition) is 2. The Balaban J connectivity index is 1.54. The Morgan fingerprint density at radius 2 is 1.45 bits per heavy atom. The van der Waals surface area contributed by atoms with Gasteiger partial charge >= 0.3 is 0 Å². The molecular weight excluding hydrogens is 416 g/mol. The molecule has 6 nitrogen and oxygen atoms in total. The Morgan fingerprint density at radius 1 is 0.818 bits per heavy atom. The van der Waals surface area contributed by atoms with Crippen LogP contribution in [0.1, 0.15) is 42.7 Å². The molecule has 0 saturated carbocycles. The molecule has 0 spiro atoms. The molecule has 0 saturated heterocycles. The van der Waals surface area contributed by atoms with Crippen molar-refractivity contribution < 1.29 is 19.1 Å². The first-order valence-corrected chi connectivity index (χ1v) is 11.1. The highest BCUT2D eigenvalue weighted by Crippen LogP contribution is 2.30. The molecule has 1 atom stereocenters. The van der Waals surface area contributed by atoms with Crippen molar-refractivity contribution >= 4 is 11.8 Å². The molecule has 33 heavy (non-hydrogen) atoms. The van der Waals surface area contributed by atoms with Gasteiger partial charge in [-0.05, 0) is 61.7 Å². The fourth-order valence-electron chi connectivity index (χ4n) is 3.42. The van der Waals surface area contributed by atoms with Crippen molar-refractivity contribution in [3.05, 3.63) is 83.9 Å². The van der Waals surface area contributed by atoms with E-state index in [2.05, 4.69) is 10.6 Å². The first kappa shape index (κ1) is 23.9. The van der Waals surface area contributed by atoms with E-state index in [9.17, 15) is 9.59 Å². The molecule has 3 rings (SSSR count). The predicted molar refractivity (Wildman–Crippen MR) is 130 cm³/mol. The van der Waals surface area contributed by atoms with E-state index in [1.165, 1.54) is 0 Å². The maximum absolute atomic E-state index is 12.4. The lowest BCUT2D eigenvalue weighted by Crippen LogP contribution is -2.38. The Morgan fingerprint density at radius 3 is 2.12 bits per heavy atom. The maximum atomic E-state index is 12.4. The summed E-state index contributed by atoms with van der Waals surface area (Å²) in [5, 5.41) is 5.58. The van der Waals surface area contributed by atoms with Crippen LogP contribution in [0.5, 0.6) is 11.5 Å². The zero-order valence-corrected chi connectivity index (χ0v) is 19.3. The van der Waals surface area contributed by atoms with Gasteiger partial charge in [0.15, 0.2) is 11.5 Å². The van der Waals surface area contributed by atoms with Crippen molar-refractivity contribution in [3.8, 4) is 22.6 Å². The van der Waals surface area contributed by atoms with Crippen LogP contribution in [0.4, 0.5) is 0 Å². The van der Waals surface area contributed by atoms with Crippen LogP contribution in [0.3, 0.4) is 0 Å². The van der Waals surface area contributed by atoms with Crippen LogP contribution in [0, 0.1) is 0 Å². The molecule has 172 valence electrons. The Bertz CT molecular complexity index is 1070. The van der Waals surface area contributed by atoms with E-state index >= 15 is 0 Å². The molecule has 1 unspecified atom stereocenters. The van der Waals surface area contributed by atoms with Gasteiger partial charge in [0.2, 0.25) is 5.91 Å². The summed E-state index contributed by atoms with van der Waals surface area (Å²) in [5.41, 5.74) is 3.50. The van der Waals surface area contributed by atoms with Crippen molar-refractivity contribution in [3.63, 3.8) is 0 Å². The Labute approximate surface area is 194 Å². The van der Waals surface area contributed by atoms with E-state index in [0.29, 0.717) is 30.3 Å². The Hall–Kier alpha value is -3.80. The molecule has 3 aromatic rings. The van der Waals surface area contributed by atoms with Gasteiger partial charge in [-0.3, -0.25) is 9.59 Å². The van der Waals surface area contributed by atoms with Gasteiger partial charge in [0, 0.05) is 5.56 Å². The van der Waals surface area contributed by atoms with Gasteiger partial charge in [0.1, 0.15) is 0 Å². The normalized spacial score (nSPS) is 11.4. The Kier molecular flexibility index (Phi) is 8.47. The first-order chi connectivity index (χ1) is 16.0. The van der Waals surface area contributed by atoms with E-state index in [-0.39, 0.29) is 24.4 Å². The molecule has 0 aromatic heterocycles. The van der Waals surface area contributed by atoms with Crippen LogP contribution in [-0.4, -0.2) is 31.6 Å². The van der Waals surface area contributed by atoms with Gasteiger partial charge in [-0.15, -0.1) is 0 Å². The fourth-order valence-corrected chi connectivity index (χ4v) is 3.42. The minimum Gasteiger partial charge on any atom is -0.490 e. The average Bonchev–Trinajstić information content (AvgIpc) is 2.84. The second-order valence-corrected chi connectivity index (χ2v) is 7.49. The van der Waals surface area contributed by atoms with Crippen molar-refractivity contribution in [1.82, 2.24) is 10.6 Å². The van der Waals surface area contributed by atoms with E-state index < -0.39 is 0 Å².